The highest BCUT2D eigenvalue weighted by molar-refractivity contribution is 6.43. The lowest BCUT2D eigenvalue weighted by molar-refractivity contribution is 1.07. The topological polar surface area (TPSA) is 26.0 Å². The van der Waals surface area contributed by atoms with E-state index in [2.05, 4.69) is 0 Å². The Labute approximate surface area is 125 Å². The van der Waals surface area contributed by atoms with E-state index in [1.165, 1.54) is 0 Å². The SMILES string of the molecule is NCc1ccc(Cl)c(-c2c(Cl)cc(Cl)cc2Cl)c1. The molecule has 0 unspecified atom stereocenters. The van der Waals surface area contributed by atoms with Gasteiger partial charge in [-0.05, 0) is 29.8 Å². The average Bonchev–Trinajstić information content (AvgIpc) is 2.30. The van der Waals surface area contributed by atoms with E-state index in [1.807, 2.05) is 12.1 Å². The van der Waals surface area contributed by atoms with Gasteiger partial charge in [-0.3, -0.25) is 0 Å². The zero-order valence-corrected chi connectivity index (χ0v) is 12.2. The standard InChI is InChI=1S/C13H9Cl4N/c14-8-4-11(16)13(12(17)5-8)9-3-7(6-18)1-2-10(9)15/h1-5H,6,18H2. The Balaban J connectivity index is 2.68. The first-order valence-electron chi connectivity index (χ1n) is 5.16. The van der Waals surface area contributed by atoms with Crippen LogP contribution in [-0.2, 0) is 6.54 Å². The van der Waals surface area contributed by atoms with Gasteiger partial charge >= 0.3 is 0 Å². The molecule has 0 radical (unpaired) electrons. The highest BCUT2D eigenvalue weighted by Crippen LogP contribution is 2.40. The van der Waals surface area contributed by atoms with Crippen molar-refractivity contribution in [2.45, 2.75) is 6.54 Å². The Morgan fingerprint density at radius 1 is 0.833 bits per heavy atom. The first kappa shape index (κ1) is 14.0. The molecule has 94 valence electrons. The van der Waals surface area contributed by atoms with Crippen molar-refractivity contribution < 1.29 is 0 Å². The summed E-state index contributed by atoms with van der Waals surface area (Å²) in [6.45, 7) is 0.424. The minimum absolute atomic E-state index is 0.424. The molecule has 0 atom stereocenters. The van der Waals surface area contributed by atoms with Gasteiger partial charge < -0.3 is 5.73 Å². The van der Waals surface area contributed by atoms with Crippen LogP contribution in [0.1, 0.15) is 5.56 Å². The van der Waals surface area contributed by atoms with Gasteiger partial charge in [0.05, 0.1) is 10.0 Å². The molecule has 0 aliphatic rings. The van der Waals surface area contributed by atoms with Gasteiger partial charge in [-0.25, -0.2) is 0 Å². The molecule has 5 heteroatoms. The van der Waals surface area contributed by atoms with Crippen LogP contribution in [0.15, 0.2) is 30.3 Å². The van der Waals surface area contributed by atoms with Gasteiger partial charge in [0, 0.05) is 27.7 Å². The summed E-state index contributed by atoms with van der Waals surface area (Å²) < 4.78 is 0. The van der Waals surface area contributed by atoms with Gasteiger partial charge in [0.25, 0.3) is 0 Å². The molecular weight excluding hydrogens is 312 g/mol. The Morgan fingerprint density at radius 2 is 1.44 bits per heavy atom. The molecule has 0 amide bonds. The van der Waals surface area contributed by atoms with Crippen LogP contribution in [0, 0.1) is 0 Å². The summed E-state index contributed by atoms with van der Waals surface area (Å²) in [5.74, 6) is 0. The molecule has 2 rings (SSSR count). The van der Waals surface area contributed by atoms with Crippen LogP contribution in [-0.4, -0.2) is 0 Å². The van der Waals surface area contributed by atoms with Crippen LogP contribution in [0.4, 0.5) is 0 Å². The minimum Gasteiger partial charge on any atom is -0.326 e. The Hall–Kier alpha value is -0.440. The average molecular weight is 321 g/mol. The van der Waals surface area contributed by atoms with E-state index in [-0.39, 0.29) is 0 Å². The quantitative estimate of drug-likeness (QED) is 0.784. The van der Waals surface area contributed by atoms with Gasteiger partial charge in [-0.1, -0.05) is 52.5 Å². The van der Waals surface area contributed by atoms with Gasteiger partial charge in [-0.15, -0.1) is 0 Å². The van der Waals surface area contributed by atoms with Crippen molar-refractivity contribution in [2.24, 2.45) is 5.73 Å². The molecule has 18 heavy (non-hydrogen) atoms. The van der Waals surface area contributed by atoms with Gasteiger partial charge in [-0.2, -0.15) is 0 Å². The molecule has 1 nitrogen and oxygen atoms in total. The van der Waals surface area contributed by atoms with Crippen LogP contribution in [0.3, 0.4) is 0 Å². The van der Waals surface area contributed by atoms with Crippen molar-refractivity contribution in [1.82, 2.24) is 0 Å². The van der Waals surface area contributed by atoms with Crippen molar-refractivity contribution in [3.63, 3.8) is 0 Å². The molecule has 0 heterocycles. The highest BCUT2D eigenvalue weighted by Gasteiger charge is 2.13. The summed E-state index contributed by atoms with van der Waals surface area (Å²) in [6.07, 6.45) is 0. The summed E-state index contributed by atoms with van der Waals surface area (Å²) >= 11 is 24.4. The third kappa shape index (κ3) is 2.76. The lowest BCUT2D eigenvalue weighted by atomic mass is 10.0. The lowest BCUT2D eigenvalue weighted by Crippen LogP contribution is -1.96. The second-order valence-corrected chi connectivity index (χ2v) is 5.42. The largest absolute Gasteiger partial charge is 0.326 e. The minimum atomic E-state index is 0.424. The van der Waals surface area contributed by atoms with Crippen molar-refractivity contribution >= 4 is 46.4 Å². The first-order chi connectivity index (χ1) is 8.52. The molecule has 0 bridgehead atoms. The van der Waals surface area contributed by atoms with Crippen molar-refractivity contribution in [3.05, 3.63) is 56.0 Å². The predicted octanol–water partition coefficient (Wildman–Crippen LogP) is 5.43. The Morgan fingerprint density at radius 3 is 2.00 bits per heavy atom. The van der Waals surface area contributed by atoms with Gasteiger partial charge in [0.2, 0.25) is 0 Å². The van der Waals surface area contributed by atoms with E-state index in [9.17, 15) is 0 Å². The fourth-order valence-electron chi connectivity index (χ4n) is 1.69. The number of benzene rings is 2. The van der Waals surface area contributed by atoms with Crippen molar-refractivity contribution in [3.8, 4) is 11.1 Å². The molecule has 0 fully saturated rings. The van der Waals surface area contributed by atoms with E-state index in [1.54, 1.807) is 18.2 Å². The Kier molecular flexibility index (Phi) is 4.41. The smallest absolute Gasteiger partial charge is 0.0514 e. The third-order valence-corrected chi connectivity index (χ3v) is 3.69. The van der Waals surface area contributed by atoms with E-state index in [4.69, 9.17) is 52.1 Å². The van der Waals surface area contributed by atoms with Gasteiger partial charge in [0.15, 0.2) is 0 Å². The van der Waals surface area contributed by atoms with Crippen molar-refractivity contribution in [2.75, 3.05) is 0 Å². The molecule has 2 aromatic rings. The molecule has 0 saturated heterocycles. The molecule has 0 aliphatic carbocycles. The first-order valence-corrected chi connectivity index (χ1v) is 6.67. The Bertz CT molecular complexity index is 573. The van der Waals surface area contributed by atoms with Crippen LogP contribution in [0.25, 0.3) is 11.1 Å². The van der Waals surface area contributed by atoms with Crippen LogP contribution < -0.4 is 5.73 Å². The van der Waals surface area contributed by atoms with E-state index >= 15 is 0 Å². The zero-order valence-electron chi connectivity index (χ0n) is 9.18. The fourth-order valence-corrected chi connectivity index (χ4v) is 2.92. The molecule has 0 aromatic heterocycles. The lowest BCUT2D eigenvalue weighted by Gasteiger charge is -2.11. The molecule has 0 spiro atoms. The number of rotatable bonds is 2. The molecule has 0 aliphatic heterocycles. The molecular formula is C13H9Cl4N. The third-order valence-electron chi connectivity index (χ3n) is 2.54. The van der Waals surface area contributed by atoms with E-state index in [0.29, 0.717) is 32.2 Å². The normalized spacial score (nSPS) is 10.7. The number of hydrogen-bond acceptors (Lipinski definition) is 1. The summed E-state index contributed by atoms with van der Waals surface area (Å²) in [5.41, 5.74) is 8.00. The number of halogens is 4. The van der Waals surface area contributed by atoms with Gasteiger partial charge in [0.1, 0.15) is 0 Å². The summed E-state index contributed by atoms with van der Waals surface area (Å²) in [6, 6.07) is 8.79. The summed E-state index contributed by atoms with van der Waals surface area (Å²) in [4.78, 5) is 0. The maximum atomic E-state index is 6.18. The van der Waals surface area contributed by atoms with E-state index in [0.717, 1.165) is 11.1 Å². The second-order valence-electron chi connectivity index (χ2n) is 3.76. The van der Waals surface area contributed by atoms with Crippen LogP contribution >= 0.6 is 46.4 Å². The maximum absolute atomic E-state index is 6.18. The monoisotopic (exact) mass is 319 g/mol. The predicted molar refractivity (Wildman–Crippen MR) is 79.8 cm³/mol. The second kappa shape index (κ2) is 5.68. The summed E-state index contributed by atoms with van der Waals surface area (Å²) in [7, 11) is 0. The highest BCUT2D eigenvalue weighted by atomic mass is 35.5. The summed E-state index contributed by atoms with van der Waals surface area (Å²) in [5, 5.41) is 1.98. The fraction of sp³-hybridized carbons (Fsp3) is 0.0769. The molecule has 2 N–H and O–H groups in total. The number of nitrogens with two attached hydrogens (primary N) is 1. The van der Waals surface area contributed by atoms with Crippen molar-refractivity contribution in [1.29, 1.82) is 0 Å². The number of hydrogen-bond donors (Lipinski definition) is 1. The molecule has 0 saturated carbocycles. The van der Waals surface area contributed by atoms with Crippen LogP contribution in [0.5, 0.6) is 0 Å². The van der Waals surface area contributed by atoms with Crippen LogP contribution in [0.2, 0.25) is 20.1 Å². The van der Waals surface area contributed by atoms with E-state index < -0.39 is 0 Å². The zero-order chi connectivity index (χ0) is 13.3. The molecule has 2 aromatic carbocycles. The maximum Gasteiger partial charge on any atom is 0.0514 e.